The number of carbonyl (C=O) groups is 2. The zero-order chi connectivity index (χ0) is 16.3. The molecule has 0 N–H and O–H groups in total. The molecule has 1 fully saturated rings. The Balaban J connectivity index is 2.03. The van der Waals surface area contributed by atoms with Crippen LogP contribution in [0.2, 0.25) is 0 Å². The van der Waals surface area contributed by atoms with Gasteiger partial charge in [-0.3, -0.25) is 4.79 Å². The number of piperidine rings is 1. The first kappa shape index (κ1) is 16.6. The highest BCUT2D eigenvalue weighted by molar-refractivity contribution is 7.13. The molecule has 1 saturated heterocycles. The summed E-state index contributed by atoms with van der Waals surface area (Å²) in [6.07, 6.45) is 1.41. The summed E-state index contributed by atoms with van der Waals surface area (Å²) in [4.78, 5) is 29.8. The van der Waals surface area contributed by atoms with Crippen LogP contribution in [-0.2, 0) is 9.53 Å². The number of thiazole rings is 1. The average Bonchev–Trinajstić information content (AvgIpc) is 2.89. The highest BCUT2D eigenvalue weighted by Crippen LogP contribution is 2.33. The third kappa shape index (κ3) is 3.52. The molecule has 2 heterocycles. The van der Waals surface area contributed by atoms with E-state index >= 15 is 0 Å². The van der Waals surface area contributed by atoms with Crippen molar-refractivity contribution in [1.29, 1.82) is 0 Å². The molecule has 1 aromatic heterocycles. The molecule has 5 nitrogen and oxygen atoms in total. The van der Waals surface area contributed by atoms with Crippen LogP contribution >= 0.6 is 11.3 Å². The van der Waals surface area contributed by atoms with Crippen molar-refractivity contribution in [3.63, 3.8) is 0 Å². The summed E-state index contributed by atoms with van der Waals surface area (Å²) in [6, 6.07) is 0. The molecule has 0 radical (unpaired) electrons. The van der Waals surface area contributed by atoms with Gasteiger partial charge in [-0.1, -0.05) is 6.58 Å². The molecule has 1 aromatic rings. The van der Waals surface area contributed by atoms with Crippen LogP contribution in [0.1, 0.15) is 46.1 Å². The van der Waals surface area contributed by atoms with Crippen molar-refractivity contribution in [1.82, 2.24) is 9.88 Å². The average molecular weight is 326 g/mol. The highest BCUT2D eigenvalue weighted by Gasteiger charge is 2.28. The minimum absolute atomic E-state index is 0.184. The molecule has 120 valence electrons. The van der Waals surface area contributed by atoms with Crippen molar-refractivity contribution in [3.05, 3.63) is 28.0 Å². The summed E-state index contributed by atoms with van der Waals surface area (Å²) in [5.74, 6) is -1.72. The summed E-state index contributed by atoms with van der Waals surface area (Å²) in [5.41, 5.74) is 0.675. The van der Waals surface area contributed by atoms with E-state index in [4.69, 9.17) is 4.74 Å². The van der Waals surface area contributed by atoms with E-state index in [-0.39, 0.29) is 11.9 Å². The zero-order valence-corrected chi connectivity index (χ0v) is 13.5. The maximum atomic E-state index is 12.9. The normalized spacial score (nSPS) is 15.7. The second-order valence-corrected chi connectivity index (χ2v) is 6.19. The van der Waals surface area contributed by atoms with Crippen molar-refractivity contribution in [3.8, 4) is 0 Å². The number of amides is 1. The Morgan fingerprint density at radius 3 is 2.64 bits per heavy atom. The van der Waals surface area contributed by atoms with Crippen LogP contribution in [0.4, 0.5) is 4.39 Å². The first-order chi connectivity index (χ1) is 10.4. The van der Waals surface area contributed by atoms with Gasteiger partial charge >= 0.3 is 5.97 Å². The molecule has 0 aromatic carbocycles. The van der Waals surface area contributed by atoms with Crippen molar-refractivity contribution in [2.24, 2.45) is 0 Å². The minimum Gasteiger partial charge on any atom is -0.462 e. The number of likely N-dealkylation sites (tertiary alicyclic amines) is 1. The number of aromatic nitrogens is 1. The summed E-state index contributed by atoms with van der Waals surface area (Å²) in [6.45, 7) is 7.87. The molecule has 0 bridgehead atoms. The molecule has 0 saturated carbocycles. The van der Waals surface area contributed by atoms with Crippen molar-refractivity contribution in [2.75, 3.05) is 19.7 Å². The second kappa shape index (κ2) is 7.00. The van der Waals surface area contributed by atoms with Crippen LogP contribution < -0.4 is 0 Å². The summed E-state index contributed by atoms with van der Waals surface area (Å²) in [5, 5.41) is 0.881. The van der Waals surface area contributed by atoms with Crippen molar-refractivity contribution >= 4 is 23.2 Å². The van der Waals surface area contributed by atoms with Gasteiger partial charge in [0.25, 0.3) is 5.91 Å². The van der Waals surface area contributed by atoms with Gasteiger partial charge in [0.05, 0.1) is 17.3 Å². The SMILES string of the molecule is C=C(F)C(=O)N1CCC(c2nc(C)c(C(=O)OCC)s2)CC1. The Morgan fingerprint density at radius 2 is 2.09 bits per heavy atom. The van der Waals surface area contributed by atoms with E-state index in [0.29, 0.717) is 43.1 Å². The van der Waals surface area contributed by atoms with Crippen molar-refractivity contribution < 1.29 is 18.7 Å². The lowest BCUT2D eigenvalue weighted by Gasteiger charge is -2.30. The molecule has 1 amide bonds. The van der Waals surface area contributed by atoms with Gasteiger partial charge in [0.1, 0.15) is 4.88 Å². The fourth-order valence-electron chi connectivity index (χ4n) is 2.48. The third-order valence-corrected chi connectivity index (χ3v) is 4.94. The largest absolute Gasteiger partial charge is 0.462 e. The van der Waals surface area contributed by atoms with Gasteiger partial charge in [-0.05, 0) is 26.7 Å². The number of carbonyl (C=O) groups excluding carboxylic acids is 2. The first-order valence-electron chi connectivity index (χ1n) is 7.22. The Labute approximate surface area is 132 Å². The maximum Gasteiger partial charge on any atom is 0.350 e. The lowest BCUT2D eigenvalue weighted by atomic mass is 9.97. The molecule has 0 spiro atoms. The Bertz CT molecular complexity index is 592. The predicted octanol–water partition coefficient (Wildman–Crippen LogP) is 2.82. The number of aryl methyl sites for hydroxylation is 1. The molecule has 1 aliphatic rings. The number of rotatable bonds is 4. The van der Waals surface area contributed by atoms with E-state index in [2.05, 4.69) is 11.6 Å². The standard InChI is InChI=1S/C15H19FN2O3S/c1-4-21-15(20)12-10(3)17-13(22-12)11-5-7-18(8-6-11)14(19)9(2)16/h11H,2,4-8H2,1,3H3. The fraction of sp³-hybridized carbons (Fsp3) is 0.533. The van der Waals surface area contributed by atoms with Crippen LogP contribution in [0.5, 0.6) is 0 Å². The zero-order valence-electron chi connectivity index (χ0n) is 12.7. The smallest absolute Gasteiger partial charge is 0.350 e. The third-order valence-electron chi connectivity index (χ3n) is 3.64. The molecule has 0 unspecified atom stereocenters. The van der Waals surface area contributed by atoms with Crippen LogP contribution in [0.3, 0.4) is 0 Å². The Morgan fingerprint density at radius 1 is 1.45 bits per heavy atom. The molecule has 2 rings (SSSR count). The lowest BCUT2D eigenvalue weighted by Crippen LogP contribution is -2.37. The molecular formula is C15H19FN2O3S. The highest BCUT2D eigenvalue weighted by atomic mass is 32.1. The predicted molar refractivity (Wildman–Crippen MR) is 81.6 cm³/mol. The summed E-state index contributed by atoms with van der Waals surface area (Å²) < 4.78 is 17.9. The number of hydrogen-bond donors (Lipinski definition) is 0. The maximum absolute atomic E-state index is 12.9. The quantitative estimate of drug-likeness (QED) is 0.630. The second-order valence-electron chi connectivity index (χ2n) is 5.16. The number of ether oxygens (including phenoxy) is 1. The number of esters is 1. The molecular weight excluding hydrogens is 307 g/mol. The van der Waals surface area contributed by atoms with E-state index in [1.807, 2.05) is 0 Å². The number of halogens is 1. The van der Waals surface area contributed by atoms with Crippen LogP contribution in [0.25, 0.3) is 0 Å². The van der Waals surface area contributed by atoms with Crippen LogP contribution in [0, 0.1) is 6.92 Å². The van der Waals surface area contributed by atoms with Gasteiger partial charge in [0.15, 0.2) is 5.83 Å². The summed E-state index contributed by atoms with van der Waals surface area (Å²) >= 11 is 1.35. The van der Waals surface area contributed by atoms with Crippen LogP contribution in [-0.4, -0.2) is 41.5 Å². The summed E-state index contributed by atoms with van der Waals surface area (Å²) in [7, 11) is 0. The minimum atomic E-state index is -0.923. The molecule has 0 atom stereocenters. The molecule has 22 heavy (non-hydrogen) atoms. The lowest BCUT2D eigenvalue weighted by molar-refractivity contribution is -0.129. The Hall–Kier alpha value is -1.76. The first-order valence-corrected chi connectivity index (χ1v) is 8.03. The van der Waals surface area contributed by atoms with E-state index in [9.17, 15) is 14.0 Å². The van der Waals surface area contributed by atoms with Gasteiger partial charge in [0.2, 0.25) is 0 Å². The van der Waals surface area contributed by atoms with Gasteiger partial charge in [-0.2, -0.15) is 0 Å². The van der Waals surface area contributed by atoms with Crippen molar-refractivity contribution in [2.45, 2.75) is 32.6 Å². The van der Waals surface area contributed by atoms with E-state index in [1.54, 1.807) is 13.8 Å². The molecule has 1 aliphatic heterocycles. The van der Waals surface area contributed by atoms with Crippen LogP contribution in [0.15, 0.2) is 12.4 Å². The number of nitrogens with zero attached hydrogens (tertiary/aromatic N) is 2. The van der Waals surface area contributed by atoms with E-state index in [1.165, 1.54) is 16.2 Å². The van der Waals surface area contributed by atoms with Gasteiger partial charge in [-0.15, -0.1) is 11.3 Å². The topological polar surface area (TPSA) is 59.5 Å². The monoisotopic (exact) mass is 326 g/mol. The van der Waals surface area contributed by atoms with Gasteiger partial charge < -0.3 is 9.64 Å². The van der Waals surface area contributed by atoms with Gasteiger partial charge in [-0.25, -0.2) is 14.2 Å². The molecule has 0 aliphatic carbocycles. The van der Waals surface area contributed by atoms with E-state index < -0.39 is 11.7 Å². The number of hydrogen-bond acceptors (Lipinski definition) is 5. The van der Waals surface area contributed by atoms with Gasteiger partial charge in [0, 0.05) is 19.0 Å². The fourth-order valence-corrected chi connectivity index (χ4v) is 3.61. The Kier molecular flexibility index (Phi) is 5.28. The molecule has 7 heteroatoms. The van der Waals surface area contributed by atoms with E-state index in [0.717, 1.165) is 5.01 Å².